The molecule has 2 aliphatic carbocycles. The fourth-order valence-electron chi connectivity index (χ4n) is 3.43. The molecule has 2 fully saturated rings. The molecule has 0 saturated heterocycles. The highest BCUT2D eigenvalue weighted by Gasteiger charge is 2.53. The Balaban J connectivity index is 0.00000243. The number of nitrogens with one attached hydrogen (secondary N) is 2. The standard InChI is InChI=1S/C18H26FN3O2S.HI/c1-20-17(22-12-18(7-8-18)15-4-5-15)21-10-14-9-16(19)6-3-13(14)11-25(2,23)24;/h3,6,9,15H,4-5,7-8,10-12H2,1-2H3,(H2,20,21,22);1H. The first-order chi connectivity index (χ1) is 11.8. The molecule has 0 spiro atoms. The predicted octanol–water partition coefficient (Wildman–Crippen LogP) is 2.84. The average Bonchev–Trinajstić information content (AvgIpc) is 3.42. The number of halogens is 2. The molecular weight excluding hydrogens is 468 g/mol. The maximum absolute atomic E-state index is 13.6. The van der Waals surface area contributed by atoms with Crippen molar-refractivity contribution in [1.29, 1.82) is 0 Å². The summed E-state index contributed by atoms with van der Waals surface area (Å²) in [5.74, 6) is 1.06. The van der Waals surface area contributed by atoms with Crippen molar-refractivity contribution < 1.29 is 12.8 Å². The van der Waals surface area contributed by atoms with E-state index in [1.54, 1.807) is 7.05 Å². The second-order valence-corrected chi connectivity index (χ2v) is 9.54. The minimum Gasteiger partial charge on any atom is -0.356 e. The van der Waals surface area contributed by atoms with E-state index in [0.29, 0.717) is 29.0 Å². The Labute approximate surface area is 172 Å². The number of benzene rings is 1. The van der Waals surface area contributed by atoms with E-state index in [4.69, 9.17) is 0 Å². The van der Waals surface area contributed by atoms with Crippen LogP contribution in [0.5, 0.6) is 0 Å². The van der Waals surface area contributed by atoms with Crippen molar-refractivity contribution in [1.82, 2.24) is 10.6 Å². The highest BCUT2D eigenvalue weighted by Crippen LogP contribution is 2.60. The first-order valence-corrected chi connectivity index (χ1v) is 10.8. The van der Waals surface area contributed by atoms with Crippen LogP contribution in [-0.4, -0.2) is 34.2 Å². The number of nitrogens with zero attached hydrogens (tertiary/aromatic N) is 1. The fraction of sp³-hybridized carbons (Fsp3) is 0.611. The molecule has 0 radical (unpaired) electrons. The molecule has 26 heavy (non-hydrogen) atoms. The summed E-state index contributed by atoms with van der Waals surface area (Å²) in [5.41, 5.74) is 1.71. The van der Waals surface area contributed by atoms with Crippen LogP contribution >= 0.6 is 24.0 Å². The zero-order chi connectivity index (χ0) is 18.1. The Morgan fingerprint density at radius 1 is 1.27 bits per heavy atom. The summed E-state index contributed by atoms with van der Waals surface area (Å²) < 4.78 is 36.7. The van der Waals surface area contributed by atoms with Gasteiger partial charge in [0.15, 0.2) is 15.8 Å². The van der Waals surface area contributed by atoms with Crippen LogP contribution in [0.1, 0.15) is 36.8 Å². The molecule has 2 N–H and O–H groups in total. The highest BCUT2D eigenvalue weighted by atomic mass is 127. The van der Waals surface area contributed by atoms with Crippen LogP contribution in [0.2, 0.25) is 0 Å². The molecule has 0 unspecified atom stereocenters. The van der Waals surface area contributed by atoms with Gasteiger partial charge in [0, 0.05) is 26.4 Å². The Bertz CT molecular complexity index is 775. The van der Waals surface area contributed by atoms with E-state index < -0.39 is 9.84 Å². The second-order valence-electron chi connectivity index (χ2n) is 7.40. The molecular formula is C18H27FIN3O2S. The zero-order valence-electron chi connectivity index (χ0n) is 15.2. The molecule has 5 nitrogen and oxygen atoms in total. The maximum Gasteiger partial charge on any atom is 0.191 e. The molecule has 146 valence electrons. The summed E-state index contributed by atoms with van der Waals surface area (Å²) in [6, 6.07) is 4.22. The van der Waals surface area contributed by atoms with Crippen LogP contribution in [-0.2, 0) is 22.1 Å². The predicted molar refractivity (Wildman–Crippen MR) is 113 cm³/mol. The number of sulfone groups is 1. The third-order valence-corrected chi connectivity index (χ3v) is 6.03. The van der Waals surface area contributed by atoms with Gasteiger partial charge in [-0.05, 0) is 60.3 Å². The minimum atomic E-state index is -3.18. The van der Waals surface area contributed by atoms with Gasteiger partial charge >= 0.3 is 0 Å². The monoisotopic (exact) mass is 495 g/mol. The first kappa shape index (κ1) is 21.4. The number of rotatable bonds is 7. The van der Waals surface area contributed by atoms with E-state index >= 15 is 0 Å². The summed E-state index contributed by atoms with van der Waals surface area (Å²) in [6.45, 7) is 1.25. The number of aliphatic imine (C=N–C) groups is 1. The van der Waals surface area contributed by atoms with Gasteiger partial charge in [-0.2, -0.15) is 0 Å². The molecule has 1 aromatic rings. The van der Waals surface area contributed by atoms with Crippen molar-refractivity contribution in [2.24, 2.45) is 16.3 Å². The molecule has 8 heteroatoms. The number of hydrogen-bond acceptors (Lipinski definition) is 3. The Morgan fingerprint density at radius 3 is 2.50 bits per heavy atom. The van der Waals surface area contributed by atoms with Crippen molar-refractivity contribution >= 4 is 39.8 Å². The SMILES string of the molecule is CN=C(NCc1cc(F)ccc1CS(C)(=O)=O)NCC1(C2CC2)CC1.I. The second kappa shape index (κ2) is 8.41. The van der Waals surface area contributed by atoms with Crippen LogP contribution in [0.3, 0.4) is 0 Å². The number of guanidine groups is 1. The van der Waals surface area contributed by atoms with Crippen molar-refractivity contribution in [3.63, 3.8) is 0 Å². The van der Waals surface area contributed by atoms with Crippen LogP contribution in [0, 0.1) is 17.2 Å². The van der Waals surface area contributed by atoms with Gasteiger partial charge in [0.1, 0.15) is 5.82 Å². The van der Waals surface area contributed by atoms with Gasteiger partial charge in [-0.3, -0.25) is 4.99 Å². The molecule has 2 saturated carbocycles. The van der Waals surface area contributed by atoms with Gasteiger partial charge in [-0.15, -0.1) is 24.0 Å². The van der Waals surface area contributed by atoms with Crippen LogP contribution < -0.4 is 10.6 Å². The largest absolute Gasteiger partial charge is 0.356 e. The van der Waals surface area contributed by atoms with Crippen LogP contribution in [0.4, 0.5) is 4.39 Å². The van der Waals surface area contributed by atoms with E-state index in [2.05, 4.69) is 15.6 Å². The van der Waals surface area contributed by atoms with Gasteiger partial charge in [-0.1, -0.05) is 6.07 Å². The van der Waals surface area contributed by atoms with Crippen molar-refractivity contribution in [3.8, 4) is 0 Å². The molecule has 0 amide bonds. The van der Waals surface area contributed by atoms with Gasteiger partial charge in [-0.25, -0.2) is 12.8 Å². The van der Waals surface area contributed by atoms with E-state index in [0.717, 1.165) is 12.5 Å². The molecule has 1 aromatic carbocycles. The summed E-state index contributed by atoms with van der Waals surface area (Å²) in [4.78, 5) is 4.22. The zero-order valence-corrected chi connectivity index (χ0v) is 18.4. The van der Waals surface area contributed by atoms with Gasteiger partial charge in [0.2, 0.25) is 0 Å². The van der Waals surface area contributed by atoms with Crippen LogP contribution in [0.15, 0.2) is 23.2 Å². The average molecular weight is 495 g/mol. The third kappa shape index (κ3) is 5.80. The van der Waals surface area contributed by atoms with Gasteiger partial charge in [0.25, 0.3) is 0 Å². The lowest BCUT2D eigenvalue weighted by atomic mass is 10.0. The molecule has 0 aromatic heterocycles. The lowest BCUT2D eigenvalue weighted by molar-refractivity contribution is 0.431. The molecule has 2 aliphatic rings. The number of hydrogen-bond donors (Lipinski definition) is 2. The normalized spacial score (nSPS) is 18.8. The lowest BCUT2D eigenvalue weighted by Gasteiger charge is -2.18. The van der Waals surface area contributed by atoms with Crippen molar-refractivity contribution in [2.75, 3.05) is 19.8 Å². The molecule has 3 rings (SSSR count). The Morgan fingerprint density at radius 2 is 1.96 bits per heavy atom. The molecule has 0 bridgehead atoms. The molecule has 0 heterocycles. The summed E-state index contributed by atoms with van der Waals surface area (Å²) in [5, 5.41) is 6.55. The van der Waals surface area contributed by atoms with Crippen molar-refractivity contribution in [3.05, 3.63) is 35.1 Å². The fourth-order valence-corrected chi connectivity index (χ4v) is 4.27. The summed E-state index contributed by atoms with van der Waals surface area (Å²) in [7, 11) is -1.47. The third-order valence-electron chi connectivity index (χ3n) is 5.20. The minimum absolute atomic E-state index is 0. The van der Waals surface area contributed by atoms with Gasteiger partial charge in [0.05, 0.1) is 5.75 Å². The molecule has 0 atom stereocenters. The van der Waals surface area contributed by atoms with E-state index in [-0.39, 0.29) is 35.5 Å². The highest BCUT2D eigenvalue weighted by molar-refractivity contribution is 14.0. The van der Waals surface area contributed by atoms with E-state index in [1.807, 2.05) is 0 Å². The summed E-state index contributed by atoms with van der Waals surface area (Å²) >= 11 is 0. The first-order valence-electron chi connectivity index (χ1n) is 8.71. The van der Waals surface area contributed by atoms with Crippen molar-refractivity contribution in [2.45, 2.75) is 38.0 Å². The molecule has 0 aliphatic heterocycles. The topological polar surface area (TPSA) is 70.6 Å². The Kier molecular flexibility index (Phi) is 6.92. The van der Waals surface area contributed by atoms with Gasteiger partial charge < -0.3 is 10.6 Å². The summed E-state index contributed by atoms with van der Waals surface area (Å²) in [6.07, 6.45) is 6.42. The smallest absolute Gasteiger partial charge is 0.191 e. The van der Waals surface area contributed by atoms with Crippen LogP contribution in [0.25, 0.3) is 0 Å². The quantitative estimate of drug-likeness (QED) is 0.347. The lowest BCUT2D eigenvalue weighted by Crippen LogP contribution is -2.40. The Hall–Kier alpha value is -0.900. The van der Waals surface area contributed by atoms with E-state index in [1.165, 1.54) is 50.1 Å². The maximum atomic E-state index is 13.6. The van der Waals surface area contributed by atoms with E-state index in [9.17, 15) is 12.8 Å².